The summed E-state index contributed by atoms with van der Waals surface area (Å²) in [6.07, 6.45) is 0.935. The van der Waals surface area contributed by atoms with Gasteiger partial charge in [0.15, 0.2) is 22.3 Å². The topological polar surface area (TPSA) is 62.8 Å². The molecular formula is C30H33N3O3S. The van der Waals surface area contributed by atoms with Gasteiger partial charge in [0.2, 0.25) is 5.91 Å². The molecule has 1 amide bonds. The lowest BCUT2D eigenvalue weighted by Gasteiger charge is -2.56. The van der Waals surface area contributed by atoms with E-state index in [2.05, 4.69) is 35.8 Å². The van der Waals surface area contributed by atoms with E-state index in [1.54, 1.807) is 0 Å². The van der Waals surface area contributed by atoms with Crippen molar-refractivity contribution in [3.63, 3.8) is 0 Å². The highest BCUT2D eigenvalue weighted by atomic mass is 32.1. The lowest BCUT2D eigenvalue weighted by molar-refractivity contribution is -0.130. The molecule has 0 radical (unpaired) electrons. The van der Waals surface area contributed by atoms with Crippen LogP contribution in [-0.2, 0) is 11.2 Å². The number of carbonyl (C=O) groups is 1. The van der Waals surface area contributed by atoms with E-state index >= 15 is 0 Å². The molecule has 2 aliphatic heterocycles. The van der Waals surface area contributed by atoms with Crippen LogP contribution in [0.1, 0.15) is 49.1 Å². The number of benzene rings is 3. The first-order valence-electron chi connectivity index (χ1n) is 12.8. The smallest absolute Gasteiger partial charge is 0.236 e. The molecule has 2 aliphatic rings. The number of nitrogens with zero attached hydrogens (tertiary/aromatic N) is 1. The second-order valence-corrected chi connectivity index (χ2v) is 10.2. The van der Waals surface area contributed by atoms with E-state index < -0.39 is 17.7 Å². The van der Waals surface area contributed by atoms with Crippen molar-refractivity contribution in [3.8, 4) is 11.5 Å². The number of carbonyl (C=O) groups excluding carboxylic acids is 1. The maximum atomic E-state index is 14.1. The highest BCUT2D eigenvalue weighted by Gasteiger charge is 2.59. The average molecular weight is 516 g/mol. The maximum absolute atomic E-state index is 14.1. The van der Waals surface area contributed by atoms with Gasteiger partial charge in [-0.15, -0.1) is 0 Å². The summed E-state index contributed by atoms with van der Waals surface area (Å²) in [6, 6.07) is 19.7. The zero-order chi connectivity index (χ0) is 26.3. The Morgan fingerprint density at radius 2 is 1.89 bits per heavy atom. The van der Waals surface area contributed by atoms with Crippen molar-refractivity contribution in [2.24, 2.45) is 5.92 Å². The molecule has 37 heavy (non-hydrogen) atoms. The summed E-state index contributed by atoms with van der Waals surface area (Å²) in [4.78, 5) is 16.0. The summed E-state index contributed by atoms with van der Waals surface area (Å²) in [6.45, 7) is 10.6. The molecule has 0 unspecified atom stereocenters. The summed E-state index contributed by atoms with van der Waals surface area (Å²) in [5.41, 5.74) is 4.77. The number of fused-ring (bicyclic) bond motifs is 4. The number of nitrogens with one attached hydrogen (secondary N) is 2. The zero-order valence-corrected chi connectivity index (χ0v) is 22.7. The minimum Gasteiger partial charge on any atom is -0.490 e. The van der Waals surface area contributed by atoms with Gasteiger partial charge in [0, 0.05) is 16.9 Å². The van der Waals surface area contributed by atoms with E-state index in [0.717, 1.165) is 34.5 Å². The average Bonchev–Trinajstić information content (AvgIpc) is 2.86. The number of para-hydroxylation sites is 1. The molecule has 6 nitrogen and oxygen atoms in total. The third kappa shape index (κ3) is 4.31. The highest BCUT2D eigenvalue weighted by Crippen LogP contribution is 2.52. The van der Waals surface area contributed by atoms with E-state index in [1.165, 1.54) is 5.56 Å². The van der Waals surface area contributed by atoms with Crippen LogP contribution in [0, 0.1) is 19.8 Å². The predicted molar refractivity (Wildman–Crippen MR) is 151 cm³/mol. The third-order valence-electron chi connectivity index (χ3n) is 7.31. The fourth-order valence-corrected chi connectivity index (χ4v) is 5.89. The van der Waals surface area contributed by atoms with Crippen molar-refractivity contribution in [3.05, 3.63) is 82.9 Å². The Hall–Kier alpha value is -3.58. The van der Waals surface area contributed by atoms with Crippen LogP contribution in [0.5, 0.6) is 11.5 Å². The van der Waals surface area contributed by atoms with Crippen molar-refractivity contribution >= 4 is 34.6 Å². The first-order valence-corrected chi connectivity index (χ1v) is 13.2. The molecule has 3 aromatic carbocycles. The van der Waals surface area contributed by atoms with E-state index in [0.29, 0.717) is 23.2 Å². The fourth-order valence-electron chi connectivity index (χ4n) is 5.47. The van der Waals surface area contributed by atoms with Crippen LogP contribution in [0.15, 0.2) is 60.7 Å². The molecule has 2 heterocycles. The minimum absolute atomic E-state index is 0.142. The number of aryl methyl sites for hydroxylation is 3. The molecule has 0 aromatic heterocycles. The van der Waals surface area contributed by atoms with Gasteiger partial charge < -0.3 is 20.1 Å². The van der Waals surface area contributed by atoms with Gasteiger partial charge in [-0.2, -0.15) is 0 Å². The molecule has 1 fully saturated rings. The predicted octanol–water partition coefficient (Wildman–Crippen LogP) is 6.06. The van der Waals surface area contributed by atoms with E-state index in [4.69, 9.17) is 21.7 Å². The standard InChI is InChI=1S/C30H33N3O3S/c1-6-20-12-14-21(15-13-20)33-29(37)32-26-22-9-8-10-24(35-7-2)27(22)36-30(33,5)25(26)28(34)31-23-16-11-18(3)17-19(23)4/h8-17,25-26H,6-7H2,1-5H3,(H,31,34)(H,32,37)/t25-,26-,30+/m0/s1. The van der Waals surface area contributed by atoms with Crippen LogP contribution in [0.3, 0.4) is 0 Å². The molecule has 0 spiro atoms. The molecule has 3 aromatic rings. The first-order chi connectivity index (χ1) is 17.8. The Kier molecular flexibility index (Phi) is 6.58. The number of hydrogen-bond donors (Lipinski definition) is 2. The van der Waals surface area contributed by atoms with Crippen molar-refractivity contribution in [2.45, 2.75) is 52.8 Å². The molecule has 0 aliphatic carbocycles. The monoisotopic (exact) mass is 515 g/mol. The van der Waals surface area contributed by atoms with Crippen LogP contribution in [0.4, 0.5) is 11.4 Å². The van der Waals surface area contributed by atoms with Crippen molar-refractivity contribution in [2.75, 3.05) is 16.8 Å². The van der Waals surface area contributed by atoms with Crippen LogP contribution < -0.4 is 25.0 Å². The zero-order valence-electron chi connectivity index (χ0n) is 21.9. The van der Waals surface area contributed by atoms with E-state index in [-0.39, 0.29) is 5.91 Å². The molecule has 192 valence electrons. The van der Waals surface area contributed by atoms with E-state index in [1.807, 2.05) is 75.1 Å². The van der Waals surface area contributed by atoms with Gasteiger partial charge in [-0.25, -0.2) is 0 Å². The van der Waals surface area contributed by atoms with Crippen molar-refractivity contribution in [1.29, 1.82) is 0 Å². The number of rotatable bonds is 6. The van der Waals surface area contributed by atoms with Crippen molar-refractivity contribution < 1.29 is 14.3 Å². The van der Waals surface area contributed by atoms with E-state index in [9.17, 15) is 4.79 Å². The number of hydrogen-bond acceptors (Lipinski definition) is 4. The minimum atomic E-state index is -1.11. The number of anilines is 2. The first kappa shape index (κ1) is 25.1. The lowest BCUT2D eigenvalue weighted by atomic mass is 9.78. The summed E-state index contributed by atoms with van der Waals surface area (Å²) in [7, 11) is 0. The quantitative estimate of drug-likeness (QED) is 0.389. The number of ether oxygens (including phenoxy) is 2. The lowest BCUT2D eigenvalue weighted by Crippen LogP contribution is -2.72. The Labute approximate surface area is 224 Å². The number of amides is 1. The fraction of sp³-hybridized carbons (Fsp3) is 0.333. The Morgan fingerprint density at radius 1 is 1.14 bits per heavy atom. The van der Waals surface area contributed by atoms with Gasteiger partial charge in [-0.1, -0.05) is 48.9 Å². The summed E-state index contributed by atoms with van der Waals surface area (Å²) < 4.78 is 12.7. The molecule has 5 rings (SSSR count). The SMILES string of the molecule is CCOc1cccc2c1O[C@]1(C)[C@H](C(=O)Nc3ccc(C)cc3C)[C@H]2NC(=S)N1c1ccc(CC)cc1. The molecule has 1 saturated heterocycles. The maximum Gasteiger partial charge on any atom is 0.236 e. The Balaban J connectivity index is 1.63. The Morgan fingerprint density at radius 3 is 2.57 bits per heavy atom. The van der Waals surface area contributed by atoms with Gasteiger partial charge in [0.25, 0.3) is 0 Å². The second kappa shape index (κ2) is 9.71. The van der Waals surface area contributed by atoms with Crippen molar-refractivity contribution in [1.82, 2.24) is 5.32 Å². The third-order valence-corrected chi connectivity index (χ3v) is 7.61. The van der Waals surface area contributed by atoms with Crippen LogP contribution >= 0.6 is 12.2 Å². The van der Waals surface area contributed by atoms with Crippen LogP contribution in [0.25, 0.3) is 0 Å². The van der Waals surface area contributed by atoms with Gasteiger partial charge in [0.05, 0.1) is 12.6 Å². The van der Waals surface area contributed by atoms with Gasteiger partial charge in [-0.05, 0) is 81.7 Å². The summed E-state index contributed by atoms with van der Waals surface area (Å²) in [5.74, 6) is 0.533. The number of thiocarbonyl (C=S) groups is 1. The molecule has 3 atom stereocenters. The normalized spacial score (nSPS) is 22.0. The molecule has 2 N–H and O–H groups in total. The van der Waals surface area contributed by atoms with Gasteiger partial charge in [0.1, 0.15) is 5.92 Å². The summed E-state index contributed by atoms with van der Waals surface area (Å²) >= 11 is 5.89. The molecule has 2 bridgehead atoms. The van der Waals surface area contributed by atoms with Gasteiger partial charge >= 0.3 is 0 Å². The van der Waals surface area contributed by atoms with Crippen LogP contribution in [0.2, 0.25) is 0 Å². The summed E-state index contributed by atoms with van der Waals surface area (Å²) in [5, 5.41) is 7.17. The largest absolute Gasteiger partial charge is 0.490 e. The van der Waals surface area contributed by atoms with Crippen LogP contribution in [-0.4, -0.2) is 23.4 Å². The van der Waals surface area contributed by atoms with Gasteiger partial charge in [-0.3, -0.25) is 9.69 Å². The Bertz CT molecular complexity index is 1360. The second-order valence-electron chi connectivity index (χ2n) is 9.83. The highest BCUT2D eigenvalue weighted by molar-refractivity contribution is 7.80. The molecule has 0 saturated carbocycles. The molecular weight excluding hydrogens is 482 g/mol. The molecule has 7 heteroatoms.